The maximum atomic E-state index is 16.5. The van der Waals surface area contributed by atoms with Crippen molar-refractivity contribution in [3.8, 4) is 11.1 Å². The molecule has 5 aromatic rings. The molecule has 0 radical (unpaired) electrons. The molecule has 5 rings (SSSR count). The zero-order chi connectivity index (χ0) is 43.5. The Labute approximate surface area is 375 Å². The standard InChI is InChI=1S/C54H75F2NP2Si2/c1-7-13-38-60(39-14-8-2,40-15-9-3)47-34-32-46(33-35-47)59(45-26-20-19-21-27-45)57(53-31-25-24-30-52(53)56)58-54-37-36-48(44-50(54)49-28-22-23-29-51(49)55)61(41-16-10-4,42-17-11-5)43-18-12-6/h19-37,44,58H,7-18,38-43H2,1-6H3. The van der Waals surface area contributed by atoms with Gasteiger partial charge in [0.05, 0.1) is 29.9 Å². The van der Waals surface area contributed by atoms with Crippen molar-refractivity contribution in [2.45, 2.75) is 155 Å². The van der Waals surface area contributed by atoms with Gasteiger partial charge >= 0.3 is 0 Å². The fourth-order valence-electron chi connectivity index (χ4n) is 9.44. The number of nitrogens with zero attached hydrogens (tertiary/aromatic N) is 1. The van der Waals surface area contributed by atoms with E-state index in [0.717, 1.165) is 10.9 Å². The van der Waals surface area contributed by atoms with Crippen LogP contribution in [0.25, 0.3) is 11.1 Å². The minimum Gasteiger partial charge on any atom is -0.317 e. The number of benzene rings is 5. The molecule has 5 aromatic carbocycles. The first-order valence-corrected chi connectivity index (χ1v) is 31.4. The summed E-state index contributed by atoms with van der Waals surface area (Å²) in [6, 6.07) is 50.1. The Kier molecular flexibility index (Phi) is 20.4. The van der Waals surface area contributed by atoms with Gasteiger partial charge in [-0.05, 0) is 23.8 Å². The largest absolute Gasteiger partial charge is 0.317 e. The SMILES string of the molecule is CCCC[Si](CCCC)(CCCC)c1ccc(P(c2ccccc2)N(Pc2ccc([Si](CCCC)(CCCC)CCCC)cc2-c2ccccc2F)c2ccccc2F)cc1. The molecule has 0 amide bonds. The summed E-state index contributed by atoms with van der Waals surface area (Å²) in [5, 5.41) is 6.52. The summed E-state index contributed by atoms with van der Waals surface area (Å²) in [6.07, 6.45) is 14.9. The van der Waals surface area contributed by atoms with Crippen molar-refractivity contribution in [3.63, 3.8) is 0 Å². The van der Waals surface area contributed by atoms with Gasteiger partial charge in [-0.1, -0.05) is 268 Å². The lowest BCUT2D eigenvalue weighted by Crippen LogP contribution is -2.48. The van der Waals surface area contributed by atoms with Crippen molar-refractivity contribution < 1.29 is 8.78 Å². The molecule has 328 valence electrons. The van der Waals surface area contributed by atoms with Gasteiger partial charge in [0.25, 0.3) is 0 Å². The zero-order valence-corrected chi connectivity index (χ0v) is 42.3. The molecular weight excluding hydrogens is 819 g/mol. The predicted molar refractivity (Wildman–Crippen MR) is 277 cm³/mol. The topological polar surface area (TPSA) is 3.24 Å². The molecule has 0 aliphatic carbocycles. The Hall–Kier alpha value is -2.95. The average Bonchev–Trinajstić information content (AvgIpc) is 3.30. The van der Waals surface area contributed by atoms with Crippen LogP contribution >= 0.6 is 16.8 Å². The highest BCUT2D eigenvalue weighted by molar-refractivity contribution is 7.83. The summed E-state index contributed by atoms with van der Waals surface area (Å²) in [7, 11) is -4.79. The highest BCUT2D eigenvalue weighted by Gasteiger charge is 2.36. The third-order valence-electron chi connectivity index (χ3n) is 13.1. The van der Waals surface area contributed by atoms with Crippen LogP contribution in [0.3, 0.4) is 0 Å². The first kappa shape index (κ1) is 49.1. The van der Waals surface area contributed by atoms with Crippen LogP contribution in [-0.2, 0) is 0 Å². The zero-order valence-electron chi connectivity index (χ0n) is 38.4. The fourth-order valence-corrected chi connectivity index (χ4v) is 25.1. The Morgan fingerprint density at radius 1 is 0.443 bits per heavy atom. The van der Waals surface area contributed by atoms with Crippen molar-refractivity contribution in [3.05, 3.63) is 133 Å². The summed E-state index contributed by atoms with van der Waals surface area (Å²) in [4.78, 5) is 0. The van der Waals surface area contributed by atoms with E-state index in [0.29, 0.717) is 11.3 Å². The molecule has 1 nitrogen and oxygen atoms in total. The van der Waals surface area contributed by atoms with Crippen molar-refractivity contribution in [1.29, 1.82) is 0 Å². The Balaban J connectivity index is 1.72. The quantitative estimate of drug-likeness (QED) is 0.0375. The summed E-state index contributed by atoms with van der Waals surface area (Å²) < 4.78 is 35.1. The third-order valence-corrected chi connectivity index (χ3v) is 28.3. The maximum Gasteiger partial charge on any atom is 0.147 e. The van der Waals surface area contributed by atoms with Crippen LogP contribution in [0.2, 0.25) is 36.3 Å². The molecule has 0 spiro atoms. The first-order valence-electron chi connectivity index (χ1n) is 24.0. The minimum atomic E-state index is -1.91. The van der Waals surface area contributed by atoms with Gasteiger partial charge in [0.15, 0.2) is 0 Å². The van der Waals surface area contributed by atoms with Crippen molar-refractivity contribution in [2.24, 2.45) is 0 Å². The van der Waals surface area contributed by atoms with Crippen molar-refractivity contribution in [1.82, 2.24) is 0 Å². The van der Waals surface area contributed by atoms with E-state index >= 15 is 8.78 Å². The van der Waals surface area contributed by atoms with Gasteiger partial charge in [0.2, 0.25) is 0 Å². The van der Waals surface area contributed by atoms with Gasteiger partial charge in [-0.3, -0.25) is 0 Å². The molecule has 0 aliphatic rings. The number of hydrogen-bond acceptors (Lipinski definition) is 1. The van der Waals surface area contributed by atoms with E-state index in [2.05, 4.69) is 119 Å². The van der Waals surface area contributed by atoms with Gasteiger partial charge in [0, 0.05) is 30.2 Å². The van der Waals surface area contributed by atoms with Crippen LogP contribution in [-0.4, -0.2) is 16.1 Å². The molecule has 7 heteroatoms. The van der Waals surface area contributed by atoms with E-state index in [1.807, 2.05) is 24.3 Å². The van der Waals surface area contributed by atoms with E-state index in [1.165, 1.54) is 129 Å². The number of unbranched alkanes of at least 4 members (excludes halogenated alkanes) is 6. The Morgan fingerprint density at radius 3 is 1.36 bits per heavy atom. The molecule has 2 atom stereocenters. The second-order valence-electron chi connectivity index (χ2n) is 17.5. The van der Waals surface area contributed by atoms with E-state index in [4.69, 9.17) is 0 Å². The number of anilines is 1. The van der Waals surface area contributed by atoms with Crippen LogP contribution in [0.5, 0.6) is 0 Å². The summed E-state index contributed by atoms with van der Waals surface area (Å²) >= 11 is 0. The monoisotopic (exact) mass is 893 g/mol. The molecule has 0 heterocycles. The normalized spacial score (nSPS) is 12.7. The van der Waals surface area contributed by atoms with Crippen LogP contribution in [0.1, 0.15) is 119 Å². The van der Waals surface area contributed by atoms with E-state index in [1.54, 1.807) is 29.5 Å². The number of para-hydroxylation sites is 1. The Bertz CT molecular complexity index is 1980. The molecule has 0 bridgehead atoms. The highest BCUT2D eigenvalue weighted by Crippen LogP contribution is 2.51. The molecule has 61 heavy (non-hydrogen) atoms. The lowest BCUT2D eigenvalue weighted by atomic mass is 10.1. The first-order chi connectivity index (χ1) is 29.8. The minimum absolute atomic E-state index is 0.0699. The summed E-state index contributed by atoms with van der Waals surface area (Å²) in [5.41, 5.74) is 2.21. The second kappa shape index (κ2) is 25.4. The predicted octanol–water partition coefficient (Wildman–Crippen LogP) is 15.5. The molecule has 0 fully saturated rings. The summed E-state index contributed by atoms with van der Waals surface area (Å²) in [6.45, 7) is 13.9. The fraction of sp³-hybridized carbons (Fsp3) is 0.444. The van der Waals surface area contributed by atoms with Crippen LogP contribution < -0.4 is 30.7 Å². The molecule has 2 unspecified atom stereocenters. The number of rotatable bonds is 27. The molecule has 0 aliphatic heterocycles. The molecule has 0 aromatic heterocycles. The average molecular weight is 894 g/mol. The molecule has 0 N–H and O–H groups in total. The third kappa shape index (κ3) is 12.8. The highest BCUT2D eigenvalue weighted by atomic mass is 31.2. The van der Waals surface area contributed by atoms with E-state index in [-0.39, 0.29) is 20.4 Å². The van der Waals surface area contributed by atoms with Crippen LogP contribution in [0.15, 0.2) is 121 Å². The summed E-state index contributed by atoms with van der Waals surface area (Å²) in [5.74, 6) is -0.428. The lowest BCUT2D eigenvalue weighted by Gasteiger charge is -2.37. The van der Waals surface area contributed by atoms with Crippen LogP contribution in [0.4, 0.5) is 14.5 Å². The molecular formula is C54H75F2NP2Si2. The van der Waals surface area contributed by atoms with Crippen molar-refractivity contribution in [2.75, 3.05) is 4.44 Å². The maximum absolute atomic E-state index is 16.5. The smallest absolute Gasteiger partial charge is 0.147 e. The van der Waals surface area contributed by atoms with Gasteiger partial charge in [-0.2, -0.15) is 0 Å². The lowest BCUT2D eigenvalue weighted by molar-refractivity contribution is 0.630. The van der Waals surface area contributed by atoms with Crippen LogP contribution in [0, 0.1) is 11.6 Å². The van der Waals surface area contributed by atoms with E-state index in [9.17, 15) is 0 Å². The Morgan fingerprint density at radius 2 is 0.869 bits per heavy atom. The molecule has 0 saturated carbocycles. The van der Waals surface area contributed by atoms with Gasteiger partial charge in [0.1, 0.15) is 11.6 Å². The second-order valence-corrected chi connectivity index (χ2v) is 30.4. The molecule has 0 saturated heterocycles. The van der Waals surface area contributed by atoms with Gasteiger partial charge in [-0.25, -0.2) is 8.78 Å². The number of halogens is 2. The van der Waals surface area contributed by atoms with Crippen molar-refractivity contribution >= 4 is 64.9 Å². The van der Waals surface area contributed by atoms with Gasteiger partial charge < -0.3 is 4.44 Å². The van der Waals surface area contributed by atoms with Gasteiger partial charge in [-0.15, -0.1) is 0 Å². The van der Waals surface area contributed by atoms with E-state index < -0.39 is 24.2 Å². The number of hydrogen-bond donors (Lipinski definition) is 0.